The van der Waals surface area contributed by atoms with Crippen LogP contribution in [0.2, 0.25) is 5.02 Å². The average molecular weight is 243 g/mol. The summed E-state index contributed by atoms with van der Waals surface area (Å²) in [6, 6.07) is 8.04. The van der Waals surface area contributed by atoms with Crippen LogP contribution in [0.3, 0.4) is 0 Å². The number of hydrogen-bond donors (Lipinski definition) is 0. The quantitative estimate of drug-likeness (QED) is 0.748. The van der Waals surface area contributed by atoms with Gasteiger partial charge in [0, 0.05) is 24.2 Å². The van der Waals surface area contributed by atoms with E-state index < -0.39 is 0 Å². The van der Waals surface area contributed by atoms with Crippen molar-refractivity contribution in [2.24, 2.45) is 4.99 Å². The molecule has 1 aromatic heterocycles. The summed E-state index contributed by atoms with van der Waals surface area (Å²) < 4.78 is 0. The fraction of sp³-hybridized carbons (Fsp3) is 0.143. The molecule has 1 aliphatic heterocycles. The zero-order valence-electron chi connectivity index (χ0n) is 9.23. The number of benzene rings is 1. The van der Waals surface area contributed by atoms with Gasteiger partial charge in [-0.05, 0) is 23.3 Å². The number of pyridine rings is 1. The highest BCUT2D eigenvalue weighted by molar-refractivity contribution is 6.35. The van der Waals surface area contributed by atoms with Crippen LogP contribution >= 0.6 is 11.6 Å². The SMILES string of the molecule is Clc1ccnc2cc(C3=CCN=CC3)ccc12. The molecule has 2 nitrogen and oxygen atoms in total. The topological polar surface area (TPSA) is 25.2 Å². The lowest BCUT2D eigenvalue weighted by atomic mass is 10.00. The Kier molecular flexibility index (Phi) is 2.65. The van der Waals surface area contributed by atoms with Gasteiger partial charge >= 0.3 is 0 Å². The first-order chi connectivity index (χ1) is 8.34. The second-order valence-corrected chi connectivity index (χ2v) is 4.41. The van der Waals surface area contributed by atoms with Crippen LogP contribution in [0.4, 0.5) is 0 Å². The summed E-state index contributed by atoms with van der Waals surface area (Å²) >= 11 is 6.12. The van der Waals surface area contributed by atoms with Crippen LogP contribution < -0.4 is 0 Å². The highest BCUT2D eigenvalue weighted by Gasteiger charge is 2.06. The molecule has 0 saturated carbocycles. The number of rotatable bonds is 1. The summed E-state index contributed by atoms with van der Waals surface area (Å²) in [5, 5.41) is 1.75. The third-order valence-electron chi connectivity index (χ3n) is 2.94. The molecule has 0 fully saturated rings. The minimum Gasteiger partial charge on any atom is -0.293 e. The van der Waals surface area contributed by atoms with Crippen molar-refractivity contribution in [3.05, 3.63) is 47.1 Å². The van der Waals surface area contributed by atoms with Gasteiger partial charge in [0.15, 0.2) is 0 Å². The van der Waals surface area contributed by atoms with Gasteiger partial charge in [0.2, 0.25) is 0 Å². The number of hydrogen-bond acceptors (Lipinski definition) is 2. The van der Waals surface area contributed by atoms with Gasteiger partial charge in [-0.3, -0.25) is 9.98 Å². The first kappa shape index (κ1) is 10.5. The molecule has 3 rings (SSSR count). The smallest absolute Gasteiger partial charge is 0.0722 e. The summed E-state index contributed by atoms with van der Waals surface area (Å²) in [7, 11) is 0. The Labute approximate surface area is 105 Å². The minimum absolute atomic E-state index is 0.751. The Morgan fingerprint density at radius 2 is 2.12 bits per heavy atom. The molecule has 2 aromatic rings. The van der Waals surface area contributed by atoms with Crippen LogP contribution in [0.25, 0.3) is 16.5 Å². The van der Waals surface area contributed by atoms with E-state index in [1.807, 2.05) is 18.3 Å². The molecular formula is C14H11ClN2. The molecule has 0 bridgehead atoms. The van der Waals surface area contributed by atoms with E-state index in [1.165, 1.54) is 11.1 Å². The lowest BCUT2D eigenvalue weighted by molar-refractivity contribution is 1.20. The Morgan fingerprint density at radius 3 is 2.94 bits per heavy atom. The van der Waals surface area contributed by atoms with Gasteiger partial charge in [0.1, 0.15) is 0 Å². The lowest BCUT2D eigenvalue weighted by Gasteiger charge is -2.09. The number of fused-ring (bicyclic) bond motifs is 1. The molecular weight excluding hydrogens is 232 g/mol. The molecule has 0 amide bonds. The largest absolute Gasteiger partial charge is 0.293 e. The first-order valence-corrected chi connectivity index (χ1v) is 5.94. The molecule has 0 aliphatic carbocycles. The summed E-state index contributed by atoms with van der Waals surface area (Å²) in [6.45, 7) is 0.774. The summed E-state index contributed by atoms with van der Waals surface area (Å²) in [4.78, 5) is 8.54. The molecule has 0 unspecified atom stereocenters. The lowest BCUT2D eigenvalue weighted by Crippen LogP contribution is -1.94. The second-order valence-electron chi connectivity index (χ2n) is 4.01. The van der Waals surface area contributed by atoms with Crippen LogP contribution in [0.1, 0.15) is 12.0 Å². The summed E-state index contributed by atoms with van der Waals surface area (Å²) in [5.41, 5.74) is 3.46. The Morgan fingerprint density at radius 1 is 1.18 bits per heavy atom. The monoisotopic (exact) mass is 242 g/mol. The number of allylic oxidation sites excluding steroid dienone is 1. The molecule has 0 radical (unpaired) electrons. The van der Waals surface area contributed by atoms with Gasteiger partial charge in [0.05, 0.1) is 17.1 Å². The van der Waals surface area contributed by atoms with Crippen LogP contribution in [-0.2, 0) is 0 Å². The van der Waals surface area contributed by atoms with Crippen LogP contribution in [0.15, 0.2) is 41.5 Å². The van der Waals surface area contributed by atoms with Crippen molar-refractivity contribution in [3.8, 4) is 0 Å². The fourth-order valence-corrected chi connectivity index (χ4v) is 2.25. The van der Waals surface area contributed by atoms with E-state index in [2.05, 4.69) is 28.2 Å². The molecule has 1 aliphatic rings. The predicted molar refractivity (Wildman–Crippen MR) is 72.7 cm³/mol. The van der Waals surface area contributed by atoms with Crippen molar-refractivity contribution >= 4 is 34.3 Å². The van der Waals surface area contributed by atoms with E-state index in [9.17, 15) is 0 Å². The van der Waals surface area contributed by atoms with Crippen molar-refractivity contribution in [1.82, 2.24) is 4.98 Å². The third-order valence-corrected chi connectivity index (χ3v) is 3.27. The van der Waals surface area contributed by atoms with Crippen LogP contribution in [0, 0.1) is 0 Å². The number of aliphatic imine (C=N–C) groups is 1. The molecule has 0 saturated heterocycles. The molecule has 2 heterocycles. The van der Waals surface area contributed by atoms with Crippen LogP contribution in [0.5, 0.6) is 0 Å². The van der Waals surface area contributed by atoms with Gasteiger partial charge in [-0.25, -0.2) is 0 Å². The fourth-order valence-electron chi connectivity index (χ4n) is 2.03. The molecule has 0 N–H and O–H groups in total. The minimum atomic E-state index is 0.751. The van der Waals surface area contributed by atoms with Crippen molar-refractivity contribution in [3.63, 3.8) is 0 Å². The molecule has 0 spiro atoms. The van der Waals surface area contributed by atoms with Gasteiger partial charge in [-0.1, -0.05) is 29.8 Å². The number of dihydropyridines is 1. The second kappa shape index (κ2) is 4.30. The van der Waals surface area contributed by atoms with E-state index in [1.54, 1.807) is 6.20 Å². The zero-order valence-corrected chi connectivity index (χ0v) is 9.98. The number of nitrogens with zero attached hydrogens (tertiary/aromatic N) is 2. The zero-order chi connectivity index (χ0) is 11.7. The van der Waals surface area contributed by atoms with Crippen molar-refractivity contribution < 1.29 is 0 Å². The number of aromatic nitrogens is 1. The van der Waals surface area contributed by atoms with E-state index in [0.29, 0.717) is 0 Å². The van der Waals surface area contributed by atoms with Gasteiger partial charge in [0.25, 0.3) is 0 Å². The maximum absolute atomic E-state index is 6.12. The van der Waals surface area contributed by atoms with E-state index >= 15 is 0 Å². The van der Waals surface area contributed by atoms with Crippen molar-refractivity contribution in [2.75, 3.05) is 6.54 Å². The van der Waals surface area contributed by atoms with Gasteiger partial charge in [-0.15, -0.1) is 0 Å². The highest BCUT2D eigenvalue weighted by atomic mass is 35.5. The normalized spacial score (nSPS) is 15.0. The molecule has 3 heteroatoms. The molecule has 0 atom stereocenters. The Bertz CT molecular complexity index is 629. The van der Waals surface area contributed by atoms with Crippen LogP contribution in [-0.4, -0.2) is 17.7 Å². The number of halogens is 1. The predicted octanol–water partition coefficient (Wildman–Crippen LogP) is 3.75. The van der Waals surface area contributed by atoms with E-state index in [0.717, 1.165) is 28.9 Å². The molecule has 1 aromatic carbocycles. The highest BCUT2D eigenvalue weighted by Crippen LogP contribution is 2.26. The first-order valence-electron chi connectivity index (χ1n) is 5.56. The van der Waals surface area contributed by atoms with E-state index in [4.69, 9.17) is 11.6 Å². The Balaban J connectivity index is 2.11. The summed E-state index contributed by atoms with van der Waals surface area (Å²) in [6.07, 6.45) is 6.76. The third kappa shape index (κ3) is 1.96. The van der Waals surface area contributed by atoms with Crippen molar-refractivity contribution in [2.45, 2.75) is 6.42 Å². The van der Waals surface area contributed by atoms with Crippen molar-refractivity contribution in [1.29, 1.82) is 0 Å². The maximum Gasteiger partial charge on any atom is 0.0722 e. The molecule has 84 valence electrons. The average Bonchev–Trinajstić information content (AvgIpc) is 2.40. The Hall–Kier alpha value is -1.67. The van der Waals surface area contributed by atoms with E-state index in [-0.39, 0.29) is 0 Å². The van der Waals surface area contributed by atoms with Gasteiger partial charge < -0.3 is 0 Å². The maximum atomic E-state index is 6.12. The standard InChI is InChI=1S/C14H11ClN2/c15-13-5-8-17-14-9-11(1-2-12(13)14)10-3-6-16-7-4-10/h1-3,5,7-9H,4,6H2. The van der Waals surface area contributed by atoms with Gasteiger partial charge in [-0.2, -0.15) is 0 Å². The summed E-state index contributed by atoms with van der Waals surface area (Å²) in [5.74, 6) is 0. The molecule has 17 heavy (non-hydrogen) atoms.